The summed E-state index contributed by atoms with van der Waals surface area (Å²) >= 11 is 0. The van der Waals surface area contributed by atoms with E-state index in [9.17, 15) is 14.7 Å². The molecule has 7 heteroatoms. The quantitative estimate of drug-likeness (QED) is 0.587. The van der Waals surface area contributed by atoms with Crippen LogP contribution in [0.5, 0.6) is 17.2 Å². The number of hydrogen-bond acceptors (Lipinski definition) is 5. The molecular formula is C28H36N2O5. The third-order valence-electron chi connectivity index (χ3n) is 6.99. The molecule has 3 unspecified atom stereocenters. The van der Waals surface area contributed by atoms with Crippen LogP contribution in [0.15, 0.2) is 36.4 Å². The molecule has 1 aliphatic carbocycles. The van der Waals surface area contributed by atoms with Crippen molar-refractivity contribution in [2.75, 3.05) is 27.3 Å². The van der Waals surface area contributed by atoms with Gasteiger partial charge in [-0.1, -0.05) is 26.0 Å². The van der Waals surface area contributed by atoms with Crippen LogP contribution in [0.25, 0.3) is 0 Å². The van der Waals surface area contributed by atoms with Gasteiger partial charge in [-0.3, -0.25) is 9.59 Å². The zero-order valence-electron chi connectivity index (χ0n) is 21.0. The maximum Gasteiger partial charge on any atom is 0.251 e. The first kappa shape index (κ1) is 24.9. The Labute approximate surface area is 207 Å². The van der Waals surface area contributed by atoms with E-state index in [0.717, 1.165) is 37.9 Å². The maximum absolute atomic E-state index is 13.5. The van der Waals surface area contributed by atoms with E-state index < -0.39 is 5.92 Å². The van der Waals surface area contributed by atoms with Crippen LogP contribution in [0.3, 0.4) is 0 Å². The zero-order valence-corrected chi connectivity index (χ0v) is 21.0. The van der Waals surface area contributed by atoms with Crippen molar-refractivity contribution in [3.8, 4) is 17.2 Å². The van der Waals surface area contributed by atoms with E-state index in [4.69, 9.17) is 9.47 Å². The molecular weight excluding hydrogens is 444 g/mol. The third-order valence-corrected chi connectivity index (χ3v) is 6.99. The first-order chi connectivity index (χ1) is 16.8. The van der Waals surface area contributed by atoms with Crippen molar-refractivity contribution in [3.63, 3.8) is 0 Å². The Bertz CT molecular complexity index is 1050. The highest BCUT2D eigenvalue weighted by Crippen LogP contribution is 2.43. The van der Waals surface area contributed by atoms with Crippen LogP contribution >= 0.6 is 0 Å². The zero-order chi connectivity index (χ0) is 25.1. The molecule has 0 spiro atoms. The number of likely N-dealkylation sites (tertiary alicyclic amines) is 1. The first-order valence-electron chi connectivity index (χ1n) is 12.4. The second kappa shape index (κ2) is 10.6. The molecule has 2 amide bonds. The molecule has 2 aliphatic rings. The van der Waals surface area contributed by atoms with E-state index in [1.807, 2.05) is 17.0 Å². The van der Waals surface area contributed by atoms with E-state index in [2.05, 4.69) is 19.2 Å². The van der Waals surface area contributed by atoms with Crippen LogP contribution in [-0.4, -0.2) is 55.2 Å². The Morgan fingerprint density at radius 1 is 1.06 bits per heavy atom. The van der Waals surface area contributed by atoms with Gasteiger partial charge >= 0.3 is 0 Å². The fourth-order valence-electron chi connectivity index (χ4n) is 5.14. The summed E-state index contributed by atoms with van der Waals surface area (Å²) in [5, 5.41) is 14.0. The monoisotopic (exact) mass is 480 g/mol. The van der Waals surface area contributed by atoms with Crippen molar-refractivity contribution in [1.29, 1.82) is 0 Å². The summed E-state index contributed by atoms with van der Waals surface area (Å²) in [6, 6.07) is 10.8. The number of carbonyl (C=O) groups is 2. The Hall–Kier alpha value is -3.22. The average Bonchev–Trinajstić information content (AvgIpc) is 3.65. The number of ether oxygens (including phenoxy) is 2. The third kappa shape index (κ3) is 5.89. The highest BCUT2D eigenvalue weighted by molar-refractivity contribution is 5.94. The highest BCUT2D eigenvalue weighted by Gasteiger charge is 2.31. The molecule has 3 atom stereocenters. The molecule has 0 aromatic heterocycles. The Morgan fingerprint density at radius 3 is 2.29 bits per heavy atom. The molecule has 35 heavy (non-hydrogen) atoms. The minimum absolute atomic E-state index is 0.00920. The summed E-state index contributed by atoms with van der Waals surface area (Å²) in [6.07, 6.45) is 3.35. The summed E-state index contributed by atoms with van der Waals surface area (Å²) in [5.74, 6) is 1.35. The molecule has 0 bridgehead atoms. The van der Waals surface area contributed by atoms with Crippen molar-refractivity contribution >= 4 is 11.8 Å². The van der Waals surface area contributed by atoms with Gasteiger partial charge in [-0.15, -0.1) is 0 Å². The van der Waals surface area contributed by atoms with Crippen LogP contribution in [0.4, 0.5) is 0 Å². The van der Waals surface area contributed by atoms with Gasteiger partial charge in [0.05, 0.1) is 14.2 Å². The van der Waals surface area contributed by atoms with Gasteiger partial charge in [0.1, 0.15) is 17.2 Å². The minimum Gasteiger partial charge on any atom is -0.507 e. The molecule has 2 aromatic carbocycles. The predicted octanol–water partition coefficient (Wildman–Crippen LogP) is 4.33. The van der Waals surface area contributed by atoms with E-state index in [-0.39, 0.29) is 30.0 Å². The number of rotatable bonds is 8. The molecule has 4 rings (SSSR count). The topological polar surface area (TPSA) is 88.1 Å². The molecule has 1 heterocycles. The molecule has 1 saturated heterocycles. The number of phenolic OH excluding ortho intramolecular Hbond substituents is 1. The van der Waals surface area contributed by atoms with E-state index in [0.29, 0.717) is 34.5 Å². The van der Waals surface area contributed by atoms with Crippen molar-refractivity contribution < 1.29 is 24.2 Å². The van der Waals surface area contributed by atoms with E-state index in [1.54, 1.807) is 18.2 Å². The maximum atomic E-state index is 13.5. The summed E-state index contributed by atoms with van der Waals surface area (Å²) < 4.78 is 10.9. The molecule has 2 N–H and O–H groups in total. The van der Waals surface area contributed by atoms with E-state index in [1.165, 1.54) is 20.3 Å². The largest absolute Gasteiger partial charge is 0.507 e. The SMILES string of the molecule is COc1cc(O)c(C(CC(=O)N2CC(C)CC(C)C2)c2ccc(C(=O)NC3CC3)cc2)c(OC)c1. The van der Waals surface area contributed by atoms with Crippen LogP contribution in [0.1, 0.15) is 66.9 Å². The molecule has 188 valence electrons. The van der Waals surface area contributed by atoms with Crippen molar-refractivity contribution in [1.82, 2.24) is 10.2 Å². The number of amides is 2. The number of methoxy groups -OCH3 is 2. The normalized spacial score (nSPS) is 20.7. The van der Waals surface area contributed by atoms with Gasteiger partial charge in [0.25, 0.3) is 5.91 Å². The molecule has 0 radical (unpaired) electrons. The number of nitrogens with zero attached hydrogens (tertiary/aromatic N) is 1. The van der Waals surface area contributed by atoms with Gasteiger partial charge in [-0.2, -0.15) is 0 Å². The van der Waals surface area contributed by atoms with Crippen LogP contribution in [-0.2, 0) is 4.79 Å². The van der Waals surface area contributed by atoms with Gasteiger partial charge in [0, 0.05) is 54.7 Å². The fraction of sp³-hybridized carbons (Fsp3) is 0.500. The Balaban J connectivity index is 1.67. The lowest BCUT2D eigenvalue weighted by Gasteiger charge is -2.36. The van der Waals surface area contributed by atoms with Crippen molar-refractivity contribution in [2.45, 2.75) is 51.5 Å². The lowest BCUT2D eigenvalue weighted by Crippen LogP contribution is -2.43. The van der Waals surface area contributed by atoms with Gasteiger partial charge in [0.15, 0.2) is 0 Å². The summed E-state index contributed by atoms with van der Waals surface area (Å²) in [6.45, 7) is 5.83. The predicted molar refractivity (Wildman–Crippen MR) is 134 cm³/mol. The number of carbonyl (C=O) groups excluding carboxylic acids is 2. The Morgan fingerprint density at radius 2 is 1.71 bits per heavy atom. The lowest BCUT2D eigenvalue weighted by atomic mass is 9.85. The molecule has 7 nitrogen and oxygen atoms in total. The number of nitrogens with one attached hydrogen (secondary N) is 1. The summed E-state index contributed by atoms with van der Waals surface area (Å²) in [5.41, 5.74) is 1.95. The van der Waals surface area contributed by atoms with Gasteiger partial charge in [-0.25, -0.2) is 0 Å². The summed E-state index contributed by atoms with van der Waals surface area (Å²) in [7, 11) is 3.06. The van der Waals surface area contributed by atoms with Crippen LogP contribution < -0.4 is 14.8 Å². The van der Waals surface area contributed by atoms with Crippen LogP contribution in [0.2, 0.25) is 0 Å². The smallest absolute Gasteiger partial charge is 0.251 e. The number of benzene rings is 2. The van der Waals surface area contributed by atoms with Crippen molar-refractivity contribution in [3.05, 3.63) is 53.1 Å². The number of phenols is 1. The van der Waals surface area contributed by atoms with Gasteiger partial charge in [0.2, 0.25) is 5.91 Å². The summed E-state index contributed by atoms with van der Waals surface area (Å²) in [4.78, 5) is 27.9. The lowest BCUT2D eigenvalue weighted by molar-refractivity contribution is -0.134. The highest BCUT2D eigenvalue weighted by atomic mass is 16.5. The number of piperidine rings is 1. The minimum atomic E-state index is -0.448. The second-order valence-corrected chi connectivity index (χ2v) is 10.1. The van der Waals surface area contributed by atoms with Gasteiger partial charge < -0.3 is 24.8 Å². The second-order valence-electron chi connectivity index (χ2n) is 10.1. The fourth-order valence-corrected chi connectivity index (χ4v) is 5.14. The molecule has 1 saturated carbocycles. The molecule has 2 aromatic rings. The Kier molecular flexibility index (Phi) is 7.53. The number of hydrogen-bond donors (Lipinski definition) is 2. The van der Waals surface area contributed by atoms with Crippen molar-refractivity contribution in [2.24, 2.45) is 11.8 Å². The van der Waals surface area contributed by atoms with Gasteiger partial charge in [-0.05, 0) is 48.8 Å². The van der Waals surface area contributed by atoms with E-state index >= 15 is 0 Å². The van der Waals surface area contributed by atoms with Crippen LogP contribution in [0, 0.1) is 11.8 Å². The number of aromatic hydroxyl groups is 1. The molecule has 2 fully saturated rings. The average molecular weight is 481 g/mol. The standard InChI is InChI=1S/C28H36N2O5/c1-17-11-18(2)16-30(15-17)26(32)14-23(27-24(31)12-22(34-3)13-25(27)35-4)19-5-7-20(8-6-19)28(33)29-21-9-10-21/h5-8,12-13,17-18,21,23,31H,9-11,14-16H2,1-4H3,(H,29,33). The first-order valence-corrected chi connectivity index (χ1v) is 12.4. The molecule has 1 aliphatic heterocycles.